The Kier molecular flexibility index (Phi) is 3.41. The van der Waals surface area contributed by atoms with E-state index in [0.717, 1.165) is 4.90 Å². The van der Waals surface area contributed by atoms with E-state index in [0.29, 0.717) is 17.1 Å². The number of hydrogen-bond donors (Lipinski definition) is 0. The molecule has 0 radical (unpaired) electrons. The summed E-state index contributed by atoms with van der Waals surface area (Å²) in [7, 11) is 0. The predicted molar refractivity (Wildman–Crippen MR) is 59.9 cm³/mol. The van der Waals surface area contributed by atoms with Crippen molar-refractivity contribution in [2.45, 2.75) is 35.8 Å². The van der Waals surface area contributed by atoms with Crippen molar-refractivity contribution in [1.29, 1.82) is 0 Å². The molecule has 1 aromatic carbocycles. The summed E-state index contributed by atoms with van der Waals surface area (Å²) >= 11 is 1.70. The van der Waals surface area contributed by atoms with Crippen molar-refractivity contribution in [1.82, 2.24) is 0 Å². The van der Waals surface area contributed by atoms with Gasteiger partial charge in [0.2, 0.25) is 0 Å². The van der Waals surface area contributed by atoms with Gasteiger partial charge in [-0.2, -0.15) is 0 Å². The molecule has 0 atom stereocenters. The fraction of sp³-hybridized carbons (Fsp3) is 0.417. The van der Waals surface area contributed by atoms with Gasteiger partial charge >= 0.3 is 0 Å². The fourth-order valence-corrected chi connectivity index (χ4v) is 3.26. The molecule has 1 fully saturated rings. The molecule has 1 aliphatic carbocycles. The summed E-state index contributed by atoms with van der Waals surface area (Å²) in [6.07, 6.45) is 5.65. The zero-order valence-corrected chi connectivity index (χ0v) is 9.23. The Morgan fingerprint density at radius 1 is 1.27 bits per heavy atom. The molecule has 3 heteroatoms. The minimum Gasteiger partial charge on any atom is -0.298 e. The van der Waals surface area contributed by atoms with Gasteiger partial charge in [-0.15, -0.1) is 11.8 Å². The first-order valence-electron chi connectivity index (χ1n) is 5.20. The van der Waals surface area contributed by atoms with Crippen molar-refractivity contribution in [3.05, 3.63) is 29.6 Å². The lowest BCUT2D eigenvalue weighted by Gasteiger charge is -2.08. The van der Waals surface area contributed by atoms with Crippen LogP contribution in [0.5, 0.6) is 0 Å². The molecule has 0 saturated heterocycles. The first-order valence-corrected chi connectivity index (χ1v) is 6.08. The number of hydrogen-bond acceptors (Lipinski definition) is 2. The maximum atomic E-state index is 13.1. The number of thioether (sulfide) groups is 1. The molecular formula is C12H13FOS. The van der Waals surface area contributed by atoms with Crippen LogP contribution >= 0.6 is 11.8 Å². The van der Waals surface area contributed by atoms with Gasteiger partial charge in [-0.1, -0.05) is 12.8 Å². The molecule has 0 bridgehead atoms. The summed E-state index contributed by atoms with van der Waals surface area (Å²) in [4.78, 5) is 11.5. The number of benzene rings is 1. The lowest BCUT2D eigenvalue weighted by molar-refractivity contribution is 0.112. The Labute approximate surface area is 93.1 Å². The molecule has 15 heavy (non-hydrogen) atoms. The largest absolute Gasteiger partial charge is 0.298 e. The van der Waals surface area contributed by atoms with E-state index in [1.54, 1.807) is 17.8 Å². The molecule has 2 rings (SSSR count). The summed E-state index contributed by atoms with van der Waals surface area (Å²) in [5, 5.41) is 0.603. The van der Waals surface area contributed by atoms with Gasteiger partial charge in [0, 0.05) is 15.7 Å². The number of aldehydes is 1. The third-order valence-electron chi connectivity index (χ3n) is 2.63. The van der Waals surface area contributed by atoms with Gasteiger partial charge in [0.05, 0.1) is 0 Å². The van der Waals surface area contributed by atoms with Crippen LogP contribution in [0, 0.1) is 5.82 Å². The molecule has 0 aromatic heterocycles. The number of carbonyl (C=O) groups is 1. The summed E-state index contributed by atoms with van der Waals surface area (Å²) in [5.74, 6) is -0.319. The highest BCUT2D eigenvalue weighted by molar-refractivity contribution is 8.00. The van der Waals surface area contributed by atoms with Crippen LogP contribution in [0.1, 0.15) is 36.0 Å². The average Bonchev–Trinajstić information content (AvgIpc) is 2.69. The summed E-state index contributed by atoms with van der Waals surface area (Å²) in [6, 6.07) is 4.54. The number of halogens is 1. The molecule has 0 N–H and O–H groups in total. The van der Waals surface area contributed by atoms with E-state index < -0.39 is 0 Å². The van der Waals surface area contributed by atoms with Gasteiger partial charge in [-0.05, 0) is 31.0 Å². The van der Waals surface area contributed by atoms with Gasteiger partial charge in [-0.3, -0.25) is 4.79 Å². The van der Waals surface area contributed by atoms with Crippen LogP contribution in [-0.4, -0.2) is 11.5 Å². The third-order valence-corrected chi connectivity index (χ3v) is 3.95. The molecule has 1 aromatic rings. The van der Waals surface area contributed by atoms with Crippen molar-refractivity contribution in [2.24, 2.45) is 0 Å². The van der Waals surface area contributed by atoms with Crippen LogP contribution in [-0.2, 0) is 0 Å². The second-order valence-electron chi connectivity index (χ2n) is 3.86. The Morgan fingerprint density at radius 3 is 2.67 bits per heavy atom. The fourth-order valence-electron chi connectivity index (χ4n) is 1.92. The highest BCUT2D eigenvalue weighted by atomic mass is 32.2. The number of carbonyl (C=O) groups excluding carboxylic acids is 1. The van der Waals surface area contributed by atoms with E-state index in [-0.39, 0.29) is 5.82 Å². The molecule has 1 saturated carbocycles. The second kappa shape index (κ2) is 4.79. The van der Waals surface area contributed by atoms with Crippen LogP contribution in [0.3, 0.4) is 0 Å². The molecule has 0 spiro atoms. The Balaban J connectivity index is 2.12. The van der Waals surface area contributed by atoms with Crippen LogP contribution in [0.15, 0.2) is 23.1 Å². The first kappa shape index (κ1) is 10.7. The maximum absolute atomic E-state index is 13.1. The van der Waals surface area contributed by atoms with Gasteiger partial charge < -0.3 is 0 Å². The van der Waals surface area contributed by atoms with E-state index in [1.807, 2.05) is 0 Å². The monoisotopic (exact) mass is 224 g/mol. The minimum absolute atomic E-state index is 0.319. The first-order chi connectivity index (χ1) is 7.28. The van der Waals surface area contributed by atoms with Gasteiger partial charge in [0.25, 0.3) is 0 Å². The normalized spacial score (nSPS) is 16.9. The lowest BCUT2D eigenvalue weighted by Crippen LogP contribution is -1.94. The standard InChI is InChI=1S/C12H13FOS/c13-10-5-9(8-14)6-12(7-10)15-11-3-1-2-4-11/h5-8,11H,1-4H2. The molecule has 0 amide bonds. The molecule has 1 aliphatic rings. The van der Waals surface area contributed by atoms with E-state index in [9.17, 15) is 9.18 Å². The van der Waals surface area contributed by atoms with Crippen molar-refractivity contribution < 1.29 is 9.18 Å². The average molecular weight is 224 g/mol. The number of rotatable bonds is 3. The Morgan fingerprint density at radius 2 is 2.00 bits per heavy atom. The van der Waals surface area contributed by atoms with Crippen LogP contribution in [0.2, 0.25) is 0 Å². The topological polar surface area (TPSA) is 17.1 Å². The van der Waals surface area contributed by atoms with Gasteiger partial charge in [-0.25, -0.2) is 4.39 Å². The Hall–Kier alpha value is -0.830. The lowest BCUT2D eigenvalue weighted by atomic mass is 10.2. The van der Waals surface area contributed by atoms with Gasteiger partial charge in [0.1, 0.15) is 12.1 Å². The molecule has 0 aliphatic heterocycles. The molecule has 1 nitrogen and oxygen atoms in total. The van der Waals surface area contributed by atoms with E-state index in [4.69, 9.17) is 0 Å². The zero-order valence-electron chi connectivity index (χ0n) is 8.41. The van der Waals surface area contributed by atoms with Crippen molar-refractivity contribution in [3.63, 3.8) is 0 Å². The zero-order chi connectivity index (χ0) is 10.7. The van der Waals surface area contributed by atoms with Gasteiger partial charge in [0.15, 0.2) is 0 Å². The van der Waals surface area contributed by atoms with Crippen LogP contribution in [0.4, 0.5) is 4.39 Å². The molecule has 0 unspecified atom stereocenters. The van der Waals surface area contributed by atoms with Crippen molar-refractivity contribution in [3.8, 4) is 0 Å². The SMILES string of the molecule is O=Cc1cc(F)cc(SC2CCCC2)c1. The highest BCUT2D eigenvalue weighted by Gasteiger charge is 2.16. The Bertz CT molecular complexity index is 359. The molecular weight excluding hydrogens is 211 g/mol. The predicted octanol–water partition coefficient (Wildman–Crippen LogP) is 3.67. The second-order valence-corrected chi connectivity index (χ2v) is 5.24. The van der Waals surface area contributed by atoms with E-state index in [1.165, 1.54) is 37.8 Å². The quantitative estimate of drug-likeness (QED) is 0.729. The van der Waals surface area contributed by atoms with E-state index >= 15 is 0 Å². The van der Waals surface area contributed by atoms with Crippen molar-refractivity contribution in [2.75, 3.05) is 0 Å². The van der Waals surface area contributed by atoms with Crippen LogP contribution < -0.4 is 0 Å². The minimum atomic E-state index is -0.319. The summed E-state index contributed by atoms with van der Waals surface area (Å²) in [6.45, 7) is 0. The van der Waals surface area contributed by atoms with Crippen molar-refractivity contribution >= 4 is 18.0 Å². The molecule has 80 valence electrons. The highest BCUT2D eigenvalue weighted by Crippen LogP contribution is 2.35. The maximum Gasteiger partial charge on any atom is 0.150 e. The van der Waals surface area contributed by atoms with Crippen LogP contribution in [0.25, 0.3) is 0 Å². The third kappa shape index (κ3) is 2.81. The molecule has 0 heterocycles. The smallest absolute Gasteiger partial charge is 0.150 e. The summed E-state index contributed by atoms with van der Waals surface area (Å²) in [5.41, 5.74) is 0.426. The summed E-state index contributed by atoms with van der Waals surface area (Å²) < 4.78 is 13.1. The van der Waals surface area contributed by atoms with E-state index in [2.05, 4.69) is 0 Å².